The van der Waals surface area contributed by atoms with E-state index in [4.69, 9.17) is 5.73 Å². The van der Waals surface area contributed by atoms with E-state index >= 15 is 0 Å². The van der Waals surface area contributed by atoms with Gasteiger partial charge in [0.1, 0.15) is 12.4 Å². The highest BCUT2D eigenvalue weighted by Crippen LogP contribution is 2.34. The van der Waals surface area contributed by atoms with Crippen molar-refractivity contribution in [1.82, 2.24) is 19.7 Å². The van der Waals surface area contributed by atoms with Crippen LogP contribution >= 0.6 is 0 Å². The molecule has 1 aromatic rings. The van der Waals surface area contributed by atoms with Gasteiger partial charge in [0.2, 0.25) is 11.9 Å². The molecular weight excluding hydrogens is 194 g/mol. The van der Waals surface area contributed by atoms with Crippen LogP contribution in [0.15, 0.2) is 6.33 Å². The van der Waals surface area contributed by atoms with E-state index in [0.717, 1.165) is 25.8 Å². The smallest absolute Gasteiger partial charge is 0.247 e. The van der Waals surface area contributed by atoms with Crippen molar-refractivity contribution < 1.29 is 4.79 Å². The molecule has 1 unspecified atom stereocenters. The van der Waals surface area contributed by atoms with Gasteiger partial charge in [-0.25, -0.2) is 9.67 Å². The Morgan fingerprint density at radius 1 is 1.40 bits per heavy atom. The van der Waals surface area contributed by atoms with Gasteiger partial charge >= 0.3 is 0 Å². The van der Waals surface area contributed by atoms with Crippen LogP contribution < -0.4 is 5.73 Å². The number of carbonyl (C=O) groups is 1. The molecule has 1 amide bonds. The number of rotatable bonds is 2. The second kappa shape index (κ2) is 2.95. The average Bonchev–Trinajstić information content (AvgIpc) is 2.86. The fourth-order valence-corrected chi connectivity index (χ4v) is 2.12. The third-order valence-corrected chi connectivity index (χ3v) is 3.04. The Kier molecular flexibility index (Phi) is 1.71. The number of amides is 1. The van der Waals surface area contributed by atoms with E-state index in [1.54, 1.807) is 4.68 Å². The highest BCUT2D eigenvalue weighted by molar-refractivity contribution is 5.83. The van der Waals surface area contributed by atoms with Crippen molar-refractivity contribution in [3.63, 3.8) is 0 Å². The first kappa shape index (κ1) is 8.70. The summed E-state index contributed by atoms with van der Waals surface area (Å²) in [6.45, 7) is 0.841. The predicted molar refractivity (Wildman–Crippen MR) is 52.8 cm³/mol. The van der Waals surface area contributed by atoms with Gasteiger partial charge < -0.3 is 10.6 Å². The van der Waals surface area contributed by atoms with Crippen molar-refractivity contribution in [2.75, 3.05) is 12.3 Å². The average molecular weight is 207 g/mol. The van der Waals surface area contributed by atoms with Crippen molar-refractivity contribution in [2.45, 2.75) is 31.3 Å². The Labute approximate surface area is 87.1 Å². The van der Waals surface area contributed by atoms with Crippen LogP contribution in [0.4, 0.5) is 5.95 Å². The molecule has 2 aliphatic rings. The predicted octanol–water partition coefficient (Wildman–Crippen LogP) is -0.204. The Hall–Kier alpha value is -1.59. The van der Waals surface area contributed by atoms with E-state index in [2.05, 4.69) is 10.1 Å². The van der Waals surface area contributed by atoms with Crippen LogP contribution in [-0.4, -0.2) is 38.2 Å². The molecule has 0 radical (unpaired) electrons. The van der Waals surface area contributed by atoms with Crippen molar-refractivity contribution in [3.05, 3.63) is 6.33 Å². The van der Waals surface area contributed by atoms with Crippen LogP contribution in [0.2, 0.25) is 0 Å². The van der Waals surface area contributed by atoms with Gasteiger partial charge in [0, 0.05) is 12.6 Å². The molecule has 1 saturated carbocycles. The monoisotopic (exact) mass is 207 g/mol. The standard InChI is InChI=1S/C9H13N5O/c10-9-11-5-14(12-9)7-3-4-13(8(7)15)6-1-2-6/h5-7H,1-4H2,(H2,10,12). The Bertz CT molecular complexity index is 397. The van der Waals surface area contributed by atoms with Gasteiger partial charge in [-0.15, -0.1) is 5.10 Å². The molecule has 3 rings (SSSR count). The van der Waals surface area contributed by atoms with E-state index in [0.29, 0.717) is 6.04 Å². The Balaban J connectivity index is 1.80. The number of carbonyl (C=O) groups excluding carboxylic acids is 1. The van der Waals surface area contributed by atoms with Gasteiger partial charge in [0.15, 0.2) is 0 Å². The van der Waals surface area contributed by atoms with Gasteiger partial charge in [-0.1, -0.05) is 0 Å². The molecule has 2 N–H and O–H groups in total. The maximum Gasteiger partial charge on any atom is 0.247 e. The zero-order valence-corrected chi connectivity index (χ0v) is 8.33. The quantitative estimate of drug-likeness (QED) is 0.728. The van der Waals surface area contributed by atoms with Crippen LogP contribution in [0, 0.1) is 0 Å². The summed E-state index contributed by atoms with van der Waals surface area (Å²) in [7, 11) is 0. The SMILES string of the molecule is Nc1ncn(C2CCN(C3CC3)C2=O)n1. The normalized spacial score (nSPS) is 26.3. The summed E-state index contributed by atoms with van der Waals surface area (Å²) < 4.78 is 1.58. The molecule has 1 aliphatic carbocycles. The summed E-state index contributed by atoms with van der Waals surface area (Å²) in [5.74, 6) is 0.398. The lowest BCUT2D eigenvalue weighted by Gasteiger charge is -2.15. The van der Waals surface area contributed by atoms with Gasteiger partial charge in [0.25, 0.3) is 0 Å². The van der Waals surface area contributed by atoms with Crippen LogP contribution in [0.25, 0.3) is 0 Å². The van der Waals surface area contributed by atoms with Gasteiger partial charge in [-0.2, -0.15) is 0 Å². The van der Waals surface area contributed by atoms with E-state index < -0.39 is 0 Å². The number of aromatic nitrogens is 3. The lowest BCUT2D eigenvalue weighted by atomic mass is 10.2. The summed E-state index contributed by atoms with van der Waals surface area (Å²) in [6.07, 6.45) is 4.66. The molecule has 1 aliphatic heterocycles. The number of likely N-dealkylation sites (tertiary alicyclic amines) is 1. The van der Waals surface area contributed by atoms with Crippen LogP contribution in [0.1, 0.15) is 25.3 Å². The molecule has 1 aromatic heterocycles. The highest BCUT2D eigenvalue weighted by atomic mass is 16.2. The summed E-state index contributed by atoms with van der Waals surface area (Å²) in [4.78, 5) is 17.8. The van der Waals surface area contributed by atoms with Crippen molar-refractivity contribution in [2.24, 2.45) is 0 Å². The first-order valence-corrected chi connectivity index (χ1v) is 5.23. The third kappa shape index (κ3) is 1.36. The molecular formula is C9H13N5O. The fourth-order valence-electron chi connectivity index (χ4n) is 2.12. The topological polar surface area (TPSA) is 77.0 Å². The van der Waals surface area contributed by atoms with E-state index in [1.165, 1.54) is 6.33 Å². The number of hydrogen-bond donors (Lipinski definition) is 1. The molecule has 2 fully saturated rings. The minimum atomic E-state index is -0.185. The molecule has 6 heteroatoms. The highest BCUT2D eigenvalue weighted by Gasteiger charge is 2.41. The molecule has 0 bridgehead atoms. The van der Waals surface area contributed by atoms with Crippen molar-refractivity contribution in [1.29, 1.82) is 0 Å². The van der Waals surface area contributed by atoms with E-state index in [-0.39, 0.29) is 17.9 Å². The lowest BCUT2D eigenvalue weighted by molar-refractivity contribution is -0.131. The molecule has 2 heterocycles. The molecule has 0 aromatic carbocycles. The number of nitrogens with two attached hydrogens (primary N) is 1. The van der Waals surface area contributed by atoms with Gasteiger partial charge in [-0.05, 0) is 19.3 Å². The van der Waals surface area contributed by atoms with Gasteiger partial charge in [0.05, 0.1) is 0 Å². The van der Waals surface area contributed by atoms with Crippen molar-refractivity contribution >= 4 is 11.9 Å². The minimum Gasteiger partial charge on any atom is -0.367 e. The molecule has 80 valence electrons. The van der Waals surface area contributed by atoms with E-state index in [1.807, 2.05) is 4.90 Å². The van der Waals surface area contributed by atoms with E-state index in [9.17, 15) is 4.79 Å². The van der Waals surface area contributed by atoms with Crippen molar-refractivity contribution in [3.8, 4) is 0 Å². The largest absolute Gasteiger partial charge is 0.367 e. The summed E-state index contributed by atoms with van der Waals surface area (Å²) >= 11 is 0. The first-order chi connectivity index (χ1) is 7.25. The number of nitrogen functional groups attached to an aromatic ring is 1. The molecule has 15 heavy (non-hydrogen) atoms. The minimum absolute atomic E-state index is 0.169. The first-order valence-electron chi connectivity index (χ1n) is 5.23. The number of nitrogens with zero attached hydrogens (tertiary/aromatic N) is 4. The lowest BCUT2D eigenvalue weighted by Crippen LogP contribution is -2.30. The van der Waals surface area contributed by atoms with Crippen LogP contribution in [0.5, 0.6) is 0 Å². The third-order valence-electron chi connectivity index (χ3n) is 3.04. The molecule has 1 saturated heterocycles. The second-order valence-electron chi connectivity index (χ2n) is 4.15. The summed E-state index contributed by atoms with van der Waals surface area (Å²) in [6, 6.07) is 0.304. The number of anilines is 1. The molecule has 6 nitrogen and oxygen atoms in total. The van der Waals surface area contributed by atoms with Crippen LogP contribution in [0.3, 0.4) is 0 Å². The van der Waals surface area contributed by atoms with Crippen LogP contribution in [-0.2, 0) is 4.79 Å². The maximum atomic E-state index is 12.0. The Morgan fingerprint density at radius 3 is 2.80 bits per heavy atom. The number of hydrogen-bond acceptors (Lipinski definition) is 4. The van der Waals surface area contributed by atoms with Gasteiger partial charge in [-0.3, -0.25) is 4.79 Å². The fraction of sp³-hybridized carbons (Fsp3) is 0.667. The zero-order chi connectivity index (χ0) is 10.4. The maximum absolute atomic E-state index is 12.0. The Morgan fingerprint density at radius 2 is 2.20 bits per heavy atom. The molecule has 0 spiro atoms. The molecule has 1 atom stereocenters. The second-order valence-corrected chi connectivity index (χ2v) is 4.15. The summed E-state index contributed by atoms with van der Waals surface area (Å²) in [5.41, 5.74) is 5.43. The summed E-state index contributed by atoms with van der Waals surface area (Å²) in [5, 5.41) is 3.99. The zero-order valence-electron chi connectivity index (χ0n) is 8.33.